The highest BCUT2D eigenvalue weighted by Crippen LogP contribution is 2.22. The number of sulfonamides is 1. The highest BCUT2D eigenvalue weighted by atomic mass is 32.2. The lowest BCUT2D eigenvalue weighted by Gasteiger charge is -2.09. The van der Waals surface area contributed by atoms with Crippen molar-refractivity contribution in [3.8, 4) is 0 Å². The van der Waals surface area contributed by atoms with E-state index in [0.717, 1.165) is 0 Å². The summed E-state index contributed by atoms with van der Waals surface area (Å²) in [5.41, 5.74) is 6.64. The van der Waals surface area contributed by atoms with Crippen molar-refractivity contribution >= 4 is 21.4 Å². The van der Waals surface area contributed by atoms with E-state index >= 15 is 0 Å². The Kier molecular flexibility index (Phi) is 3.91. The van der Waals surface area contributed by atoms with E-state index in [1.165, 1.54) is 13.1 Å². The van der Waals surface area contributed by atoms with Crippen LogP contribution < -0.4 is 15.8 Å². The Bertz CT molecular complexity index is 709. The van der Waals surface area contributed by atoms with Gasteiger partial charge in [0.15, 0.2) is 5.82 Å². The zero-order chi connectivity index (χ0) is 14.8. The Morgan fingerprint density at radius 1 is 1.40 bits per heavy atom. The summed E-state index contributed by atoms with van der Waals surface area (Å²) in [5.74, 6) is 0.637. The lowest BCUT2D eigenvalue weighted by Crippen LogP contribution is -2.20. The monoisotopic (exact) mass is 296 g/mol. The van der Waals surface area contributed by atoms with Gasteiger partial charge in [-0.05, 0) is 25.2 Å². The van der Waals surface area contributed by atoms with Gasteiger partial charge in [0.2, 0.25) is 10.0 Å². The maximum Gasteiger partial charge on any atom is 0.242 e. The number of hydrogen-bond donors (Lipinski definition) is 3. The van der Waals surface area contributed by atoms with Crippen LogP contribution in [0.15, 0.2) is 29.4 Å². The summed E-state index contributed by atoms with van der Waals surface area (Å²) in [5, 5.41) is 7.20. The molecule has 0 fully saturated rings. The molecule has 2 aromatic rings. The molecule has 108 valence electrons. The minimum Gasteiger partial charge on any atom is -0.398 e. The van der Waals surface area contributed by atoms with Gasteiger partial charge in [-0.3, -0.25) is 4.68 Å². The normalized spacial score (nSPS) is 11.5. The number of aryl methyl sites for hydroxylation is 1. The fourth-order valence-corrected chi connectivity index (χ4v) is 2.50. The average molecular weight is 296 g/mol. The van der Waals surface area contributed by atoms with Gasteiger partial charge in [0, 0.05) is 12.7 Å². The topological polar surface area (TPSA) is 115 Å². The number of benzene rings is 1. The molecule has 4 N–H and O–H groups in total. The molecule has 1 aromatic carbocycles. The van der Waals surface area contributed by atoms with Crippen LogP contribution in [0.25, 0.3) is 0 Å². The number of nitrogen functional groups attached to an aromatic ring is 1. The van der Waals surface area contributed by atoms with Crippen LogP contribution in [0.5, 0.6) is 0 Å². The van der Waals surface area contributed by atoms with Crippen LogP contribution in [0.2, 0.25) is 0 Å². The maximum atomic E-state index is 11.7. The standard InChI is InChI=1S/C11H16N6O2S/c1-13-20(18,19)10-4-3-8(5-9(10)12)14-6-11-15-7-17(2)16-11/h3-5,7,13-14H,6,12H2,1-2H3. The number of nitrogens with one attached hydrogen (secondary N) is 2. The Hall–Kier alpha value is -2.13. The molecule has 1 heterocycles. The molecule has 0 aliphatic rings. The quantitative estimate of drug-likeness (QED) is 0.665. The summed E-state index contributed by atoms with van der Waals surface area (Å²) in [6.07, 6.45) is 1.61. The summed E-state index contributed by atoms with van der Waals surface area (Å²) in [7, 11) is -0.416. The highest BCUT2D eigenvalue weighted by molar-refractivity contribution is 7.89. The van der Waals surface area contributed by atoms with E-state index in [2.05, 4.69) is 20.1 Å². The first-order valence-corrected chi connectivity index (χ1v) is 7.32. The molecule has 0 bridgehead atoms. The fraction of sp³-hybridized carbons (Fsp3) is 0.273. The molecular formula is C11H16N6O2S. The number of nitrogens with two attached hydrogens (primary N) is 1. The average Bonchev–Trinajstić information content (AvgIpc) is 2.82. The maximum absolute atomic E-state index is 11.7. The van der Waals surface area contributed by atoms with Gasteiger partial charge in [-0.2, -0.15) is 5.10 Å². The van der Waals surface area contributed by atoms with E-state index in [-0.39, 0.29) is 10.6 Å². The lowest BCUT2D eigenvalue weighted by molar-refractivity contribution is 0.588. The fourth-order valence-electron chi connectivity index (χ4n) is 1.66. The van der Waals surface area contributed by atoms with Gasteiger partial charge in [0.25, 0.3) is 0 Å². The zero-order valence-corrected chi connectivity index (χ0v) is 12.0. The van der Waals surface area contributed by atoms with E-state index in [0.29, 0.717) is 18.1 Å². The van der Waals surface area contributed by atoms with Crippen molar-refractivity contribution in [2.45, 2.75) is 11.4 Å². The molecule has 2 rings (SSSR count). The Morgan fingerprint density at radius 3 is 2.70 bits per heavy atom. The van der Waals surface area contributed by atoms with E-state index < -0.39 is 10.0 Å². The largest absolute Gasteiger partial charge is 0.398 e. The summed E-state index contributed by atoms with van der Waals surface area (Å²) in [6, 6.07) is 4.66. The van der Waals surface area contributed by atoms with Crippen molar-refractivity contribution in [3.05, 3.63) is 30.4 Å². The SMILES string of the molecule is CNS(=O)(=O)c1ccc(NCc2ncn(C)n2)cc1N. The van der Waals surface area contributed by atoms with E-state index in [1.807, 2.05) is 0 Å². The predicted octanol–water partition coefficient (Wildman–Crippen LogP) is -0.0825. The van der Waals surface area contributed by atoms with Crippen molar-refractivity contribution in [1.29, 1.82) is 0 Å². The Morgan fingerprint density at radius 2 is 2.15 bits per heavy atom. The molecular weight excluding hydrogens is 280 g/mol. The van der Waals surface area contributed by atoms with Gasteiger partial charge < -0.3 is 11.1 Å². The predicted molar refractivity (Wildman–Crippen MR) is 75.4 cm³/mol. The summed E-state index contributed by atoms with van der Waals surface area (Å²) in [6.45, 7) is 0.429. The van der Waals surface area contributed by atoms with Gasteiger partial charge in [-0.15, -0.1) is 0 Å². The van der Waals surface area contributed by atoms with Gasteiger partial charge >= 0.3 is 0 Å². The number of aromatic nitrogens is 3. The molecule has 1 aromatic heterocycles. The van der Waals surface area contributed by atoms with Crippen LogP contribution >= 0.6 is 0 Å². The van der Waals surface area contributed by atoms with Crippen LogP contribution in [0, 0.1) is 0 Å². The van der Waals surface area contributed by atoms with Crippen molar-refractivity contribution < 1.29 is 8.42 Å². The van der Waals surface area contributed by atoms with Crippen LogP contribution in [-0.2, 0) is 23.6 Å². The van der Waals surface area contributed by atoms with Crippen molar-refractivity contribution in [3.63, 3.8) is 0 Å². The molecule has 0 saturated heterocycles. The molecule has 0 radical (unpaired) electrons. The first kappa shape index (κ1) is 14.3. The summed E-state index contributed by atoms with van der Waals surface area (Å²) in [4.78, 5) is 4.13. The highest BCUT2D eigenvalue weighted by Gasteiger charge is 2.15. The second-order valence-electron chi connectivity index (χ2n) is 4.15. The number of nitrogens with zero attached hydrogens (tertiary/aromatic N) is 3. The molecule has 0 unspecified atom stereocenters. The van der Waals surface area contributed by atoms with Crippen molar-refractivity contribution in [2.24, 2.45) is 7.05 Å². The van der Waals surface area contributed by atoms with Gasteiger partial charge in [-0.25, -0.2) is 18.1 Å². The van der Waals surface area contributed by atoms with Crippen LogP contribution in [-0.4, -0.2) is 30.2 Å². The van der Waals surface area contributed by atoms with Crippen molar-refractivity contribution in [2.75, 3.05) is 18.1 Å². The second kappa shape index (κ2) is 5.47. The Labute approximate surface area is 117 Å². The van der Waals surface area contributed by atoms with Crippen LogP contribution in [0.4, 0.5) is 11.4 Å². The smallest absolute Gasteiger partial charge is 0.242 e. The van der Waals surface area contributed by atoms with Gasteiger partial charge in [-0.1, -0.05) is 0 Å². The van der Waals surface area contributed by atoms with E-state index in [1.54, 1.807) is 30.2 Å². The molecule has 0 saturated carbocycles. The molecule has 8 nitrogen and oxygen atoms in total. The molecule has 20 heavy (non-hydrogen) atoms. The third-order valence-corrected chi connectivity index (χ3v) is 4.15. The van der Waals surface area contributed by atoms with Crippen LogP contribution in [0.3, 0.4) is 0 Å². The summed E-state index contributed by atoms with van der Waals surface area (Å²) >= 11 is 0. The minimum absolute atomic E-state index is 0.0570. The molecule has 0 amide bonds. The molecule has 0 aliphatic heterocycles. The zero-order valence-electron chi connectivity index (χ0n) is 11.2. The van der Waals surface area contributed by atoms with Crippen molar-refractivity contribution in [1.82, 2.24) is 19.5 Å². The third kappa shape index (κ3) is 3.06. The number of hydrogen-bond acceptors (Lipinski definition) is 6. The number of anilines is 2. The van der Waals surface area contributed by atoms with Crippen LogP contribution in [0.1, 0.15) is 5.82 Å². The molecule has 0 aliphatic carbocycles. The summed E-state index contributed by atoms with van der Waals surface area (Å²) < 4.78 is 27.2. The van der Waals surface area contributed by atoms with Gasteiger partial charge in [0.05, 0.1) is 12.2 Å². The first-order chi connectivity index (χ1) is 9.42. The molecule has 9 heteroatoms. The molecule has 0 atom stereocenters. The van der Waals surface area contributed by atoms with Gasteiger partial charge in [0.1, 0.15) is 11.2 Å². The minimum atomic E-state index is -3.54. The molecule has 0 spiro atoms. The van der Waals surface area contributed by atoms with E-state index in [9.17, 15) is 8.42 Å². The lowest BCUT2D eigenvalue weighted by atomic mass is 10.3. The second-order valence-corrected chi connectivity index (χ2v) is 6.00. The number of rotatable bonds is 5. The van der Waals surface area contributed by atoms with E-state index in [4.69, 9.17) is 5.73 Å². The third-order valence-electron chi connectivity index (χ3n) is 2.67. The Balaban J connectivity index is 2.13. The first-order valence-electron chi connectivity index (χ1n) is 5.84.